The van der Waals surface area contributed by atoms with Gasteiger partial charge >= 0.3 is 17.6 Å². The van der Waals surface area contributed by atoms with Crippen LogP contribution in [-0.2, 0) is 16.9 Å². The summed E-state index contributed by atoms with van der Waals surface area (Å²) in [6, 6.07) is 8.68. The van der Waals surface area contributed by atoms with E-state index in [0.29, 0.717) is 15.9 Å². The predicted octanol–water partition coefficient (Wildman–Crippen LogP) is 0.698. The monoisotopic (exact) mass is 552 g/mol. The molecular weight excluding hydrogens is 531 g/mol. The number of carboxylic acids is 2. The molecule has 3 heterocycles. The van der Waals surface area contributed by atoms with Crippen molar-refractivity contribution in [3.8, 4) is 17.3 Å². The number of methoxy groups -OCH3 is 2. The molecule has 15 nitrogen and oxygen atoms in total. The van der Waals surface area contributed by atoms with Gasteiger partial charge in [-0.15, -0.1) is 5.10 Å². The number of hydrogen-bond donors (Lipinski definition) is 6. The number of ether oxygens (including phenoxy) is 2. The van der Waals surface area contributed by atoms with Crippen molar-refractivity contribution < 1.29 is 33.7 Å². The van der Waals surface area contributed by atoms with Crippen LogP contribution >= 0.6 is 0 Å². The number of halogens is 1. The summed E-state index contributed by atoms with van der Waals surface area (Å²) in [5, 5.41) is 39.8. The molecule has 0 amide bonds. The van der Waals surface area contributed by atoms with Crippen molar-refractivity contribution in [2.45, 2.75) is 12.1 Å². The Bertz CT molecular complexity index is 1760. The van der Waals surface area contributed by atoms with E-state index in [1.807, 2.05) is 0 Å². The van der Waals surface area contributed by atoms with Crippen molar-refractivity contribution in [1.29, 1.82) is 5.41 Å². The molecule has 7 N–H and O–H groups in total. The number of anilines is 1. The quantitative estimate of drug-likeness (QED) is 0.119. The number of amidine groups is 1. The van der Waals surface area contributed by atoms with Gasteiger partial charge in [0.2, 0.25) is 5.66 Å². The number of aromatic amines is 1. The number of nitrogens with zero attached hydrogens (tertiary/aromatic N) is 4. The molecule has 0 bridgehead atoms. The highest BCUT2D eigenvalue weighted by atomic mass is 19.1. The molecule has 0 saturated carbocycles. The molecule has 206 valence electrons. The summed E-state index contributed by atoms with van der Waals surface area (Å²) in [4.78, 5) is 36.7. The fraction of sp³-hybridized carbons (Fsp3) is 0.167. The number of fused-ring (bicyclic) bond motifs is 1. The second-order valence-corrected chi connectivity index (χ2v) is 8.64. The predicted molar refractivity (Wildman–Crippen MR) is 135 cm³/mol. The molecule has 2 aromatic heterocycles. The second-order valence-electron chi connectivity index (χ2n) is 8.64. The Morgan fingerprint density at radius 3 is 2.35 bits per heavy atom. The van der Waals surface area contributed by atoms with E-state index in [4.69, 9.17) is 25.7 Å². The van der Waals surface area contributed by atoms with Crippen LogP contribution in [0.3, 0.4) is 0 Å². The summed E-state index contributed by atoms with van der Waals surface area (Å²) in [5.74, 6) is -3.92. The number of aromatic carboxylic acids is 1. The first kappa shape index (κ1) is 26.0. The minimum atomic E-state index is -1.65. The Morgan fingerprint density at radius 2 is 1.82 bits per heavy atom. The van der Waals surface area contributed by atoms with E-state index in [0.717, 1.165) is 10.6 Å². The molecule has 2 aromatic carbocycles. The van der Waals surface area contributed by atoms with Crippen molar-refractivity contribution in [2.75, 3.05) is 19.5 Å². The van der Waals surface area contributed by atoms with Gasteiger partial charge in [-0.3, -0.25) is 15.3 Å². The molecule has 1 aliphatic heterocycles. The van der Waals surface area contributed by atoms with Crippen LogP contribution in [0.15, 0.2) is 41.2 Å². The number of carboxylic acid groups (broad SMARTS) is 2. The zero-order chi connectivity index (χ0) is 28.9. The van der Waals surface area contributed by atoms with Crippen LogP contribution in [0.5, 0.6) is 11.5 Å². The Hall–Kier alpha value is -5.67. The smallest absolute Gasteiger partial charge is 0.355 e. The maximum absolute atomic E-state index is 15.5. The van der Waals surface area contributed by atoms with E-state index in [1.165, 1.54) is 20.3 Å². The molecule has 4 aromatic rings. The second kappa shape index (κ2) is 9.26. The van der Waals surface area contributed by atoms with Gasteiger partial charge < -0.3 is 30.7 Å². The first-order chi connectivity index (χ1) is 19.0. The van der Waals surface area contributed by atoms with E-state index in [9.17, 15) is 19.5 Å². The van der Waals surface area contributed by atoms with Crippen molar-refractivity contribution in [3.05, 3.63) is 80.9 Å². The van der Waals surface area contributed by atoms with Gasteiger partial charge in [0.15, 0.2) is 23.1 Å². The van der Waals surface area contributed by atoms with Gasteiger partial charge in [-0.2, -0.15) is 9.78 Å². The molecule has 0 radical (unpaired) electrons. The number of nitrogen functional groups attached to an aromatic ring is 1. The van der Waals surface area contributed by atoms with E-state index in [-0.39, 0.29) is 34.4 Å². The number of carbonyl (C=O) groups is 2. The van der Waals surface area contributed by atoms with Gasteiger partial charge in [0.25, 0.3) is 0 Å². The van der Waals surface area contributed by atoms with Gasteiger partial charge in [-0.05, 0) is 30.3 Å². The average molecular weight is 552 g/mol. The van der Waals surface area contributed by atoms with Crippen molar-refractivity contribution >= 4 is 23.5 Å². The minimum absolute atomic E-state index is 0.00149. The fourth-order valence-corrected chi connectivity index (χ4v) is 4.48. The Kier molecular flexibility index (Phi) is 6.01. The molecule has 0 saturated heterocycles. The van der Waals surface area contributed by atoms with Crippen LogP contribution in [0.4, 0.5) is 10.1 Å². The Morgan fingerprint density at radius 1 is 1.18 bits per heavy atom. The largest absolute Gasteiger partial charge is 0.493 e. The summed E-state index contributed by atoms with van der Waals surface area (Å²) >= 11 is 0. The molecule has 0 spiro atoms. The lowest BCUT2D eigenvalue weighted by Crippen LogP contribution is -2.36. The highest BCUT2D eigenvalue weighted by molar-refractivity contribution is 5.95. The zero-order valence-corrected chi connectivity index (χ0v) is 20.9. The van der Waals surface area contributed by atoms with Crippen molar-refractivity contribution in [2.24, 2.45) is 5.73 Å². The van der Waals surface area contributed by atoms with Gasteiger partial charge in [0, 0.05) is 22.9 Å². The number of benzene rings is 2. The highest BCUT2D eigenvalue weighted by Crippen LogP contribution is 2.48. The van der Waals surface area contributed by atoms with Crippen LogP contribution in [-0.4, -0.2) is 66.8 Å². The van der Waals surface area contributed by atoms with Crippen LogP contribution < -0.4 is 26.2 Å². The molecule has 1 aliphatic rings. The first-order valence-electron chi connectivity index (χ1n) is 11.4. The first-order valence-corrected chi connectivity index (χ1v) is 11.4. The third-order valence-electron chi connectivity index (χ3n) is 6.34. The van der Waals surface area contributed by atoms with Crippen LogP contribution in [0.2, 0.25) is 0 Å². The molecule has 1 unspecified atom stereocenters. The van der Waals surface area contributed by atoms with E-state index >= 15 is 4.39 Å². The SMILES string of the molecule is COc1cc(F)c(C2(Nc3ccc(C(=N)N)cc3)c3nn(-c4n[nH]c(CC(=O)O)c4C(=O)O)c(=O)n32)cc1OC. The van der Waals surface area contributed by atoms with E-state index in [2.05, 4.69) is 20.6 Å². The van der Waals surface area contributed by atoms with E-state index in [1.54, 1.807) is 24.3 Å². The summed E-state index contributed by atoms with van der Waals surface area (Å²) in [7, 11) is 2.70. The van der Waals surface area contributed by atoms with E-state index < -0.39 is 46.9 Å². The molecule has 0 fully saturated rings. The lowest BCUT2D eigenvalue weighted by atomic mass is 10.0. The molecule has 1 atom stereocenters. The maximum atomic E-state index is 15.5. The number of rotatable bonds is 10. The van der Waals surface area contributed by atoms with Gasteiger partial charge in [0.05, 0.1) is 26.3 Å². The third-order valence-corrected chi connectivity index (χ3v) is 6.34. The summed E-state index contributed by atoms with van der Waals surface area (Å²) < 4.78 is 27.8. The van der Waals surface area contributed by atoms with Crippen molar-refractivity contribution in [1.82, 2.24) is 24.5 Å². The van der Waals surface area contributed by atoms with Crippen LogP contribution in [0.25, 0.3) is 5.82 Å². The molecule has 0 aliphatic carbocycles. The average Bonchev–Trinajstić information content (AvgIpc) is 3.15. The summed E-state index contributed by atoms with van der Waals surface area (Å²) in [6.45, 7) is 0. The maximum Gasteiger partial charge on any atom is 0.355 e. The summed E-state index contributed by atoms with van der Waals surface area (Å²) in [6.07, 6.45) is -0.685. The topological polar surface area (TPSA) is 223 Å². The lowest BCUT2D eigenvalue weighted by Gasteiger charge is -2.22. The standard InChI is InChI=1S/C24H21FN8O7/c1-39-15-7-12(13(25)8-16(15)40-2)24(28-11-5-3-10(4-6-11)19(26)27)22-31-33(23(38)32(22)24)20-18(21(36)37)14(29-30-20)9-17(34)35/h3-8,28H,9H2,1-2H3,(H3,26,27)(H,29,30)(H,34,35)(H,36,37). The van der Waals surface area contributed by atoms with Gasteiger partial charge in [0.1, 0.15) is 17.2 Å². The number of H-pyrrole nitrogens is 1. The minimum Gasteiger partial charge on any atom is -0.493 e. The normalized spacial score (nSPS) is 15.3. The van der Waals surface area contributed by atoms with Crippen LogP contribution in [0, 0.1) is 11.2 Å². The number of nitrogens with one attached hydrogen (secondary N) is 3. The lowest BCUT2D eigenvalue weighted by molar-refractivity contribution is -0.136. The van der Waals surface area contributed by atoms with Crippen LogP contribution in [0.1, 0.15) is 33.0 Å². The van der Waals surface area contributed by atoms with Crippen molar-refractivity contribution in [3.63, 3.8) is 0 Å². The molecule has 40 heavy (non-hydrogen) atoms. The van der Waals surface area contributed by atoms with Gasteiger partial charge in [-0.1, -0.05) is 0 Å². The Balaban J connectivity index is 1.66. The number of aromatic nitrogens is 5. The summed E-state index contributed by atoms with van der Waals surface area (Å²) in [5.41, 5.74) is 3.00. The molecule has 5 rings (SSSR count). The molecular formula is C24H21FN8O7. The third kappa shape index (κ3) is 3.89. The molecule has 16 heteroatoms. The van der Waals surface area contributed by atoms with Gasteiger partial charge in [-0.25, -0.2) is 18.5 Å². The number of aliphatic carboxylic acids is 1. The highest BCUT2D eigenvalue weighted by Gasteiger charge is 2.60. The number of nitrogens with two attached hydrogens (primary N) is 1. The fourth-order valence-electron chi connectivity index (χ4n) is 4.48. The number of hydrogen-bond acceptors (Lipinski definition) is 9. The Labute approximate surface area is 223 Å². The zero-order valence-electron chi connectivity index (χ0n) is 20.9.